The third-order valence-corrected chi connectivity index (χ3v) is 5.68. The highest BCUT2D eigenvalue weighted by molar-refractivity contribution is 7.91. The molecule has 0 amide bonds. The van der Waals surface area contributed by atoms with E-state index in [1.807, 2.05) is 0 Å². The molecule has 0 saturated heterocycles. The van der Waals surface area contributed by atoms with Crippen molar-refractivity contribution < 1.29 is 27.1 Å². The van der Waals surface area contributed by atoms with Gasteiger partial charge in [0.1, 0.15) is 17.2 Å². The van der Waals surface area contributed by atoms with E-state index in [0.29, 0.717) is 10.6 Å². The molecule has 0 spiro atoms. The normalized spacial score (nSPS) is 11.4. The largest absolute Gasteiger partial charge is 0.481 e. The predicted octanol–water partition coefficient (Wildman–Crippen LogP) is 4.39. The number of hydrogen-bond acceptors (Lipinski definition) is 5. The molecule has 0 saturated carbocycles. The second-order valence-corrected chi connectivity index (χ2v) is 10.0. The first kappa shape index (κ1) is 23.7. The summed E-state index contributed by atoms with van der Waals surface area (Å²) >= 11 is 6.02. The van der Waals surface area contributed by atoms with E-state index in [2.05, 4.69) is 11.8 Å². The maximum absolute atomic E-state index is 14.1. The number of esters is 1. The van der Waals surface area contributed by atoms with Crippen LogP contribution in [-0.2, 0) is 19.4 Å². The molecule has 0 aliphatic rings. The summed E-state index contributed by atoms with van der Waals surface area (Å²) < 4.78 is 48.9. The first-order chi connectivity index (χ1) is 13.9. The summed E-state index contributed by atoms with van der Waals surface area (Å²) in [6.07, 6.45) is 0. The van der Waals surface area contributed by atoms with E-state index in [9.17, 15) is 17.6 Å². The van der Waals surface area contributed by atoms with Gasteiger partial charge in [-0.15, -0.1) is 0 Å². The van der Waals surface area contributed by atoms with Gasteiger partial charge in [-0.3, -0.25) is 0 Å². The Morgan fingerprint density at radius 1 is 1.10 bits per heavy atom. The summed E-state index contributed by atoms with van der Waals surface area (Å²) in [6.45, 7) is 6.39. The SMILES string of the molecule is CCS(=O)(=O)c1ccc(F)c(C#Cc2cc(Cl)ccc2OCC(=O)OC(C)(C)C)c1. The Balaban J connectivity index is 2.33. The Kier molecular flexibility index (Phi) is 7.51. The van der Waals surface area contributed by atoms with Crippen molar-refractivity contribution in [2.45, 2.75) is 38.2 Å². The number of carbonyl (C=O) groups is 1. The average molecular weight is 453 g/mol. The van der Waals surface area contributed by atoms with Crippen molar-refractivity contribution in [1.29, 1.82) is 0 Å². The Morgan fingerprint density at radius 3 is 2.40 bits per heavy atom. The van der Waals surface area contributed by atoms with E-state index in [4.69, 9.17) is 21.1 Å². The molecule has 0 aromatic heterocycles. The van der Waals surface area contributed by atoms with Crippen LogP contribution in [0, 0.1) is 17.7 Å². The van der Waals surface area contributed by atoms with E-state index in [1.165, 1.54) is 31.2 Å². The lowest BCUT2D eigenvalue weighted by Gasteiger charge is -2.19. The summed E-state index contributed by atoms with van der Waals surface area (Å²) in [4.78, 5) is 11.9. The van der Waals surface area contributed by atoms with Crippen molar-refractivity contribution in [3.8, 4) is 17.6 Å². The Morgan fingerprint density at radius 2 is 1.77 bits per heavy atom. The minimum absolute atomic E-state index is 0.0109. The Hall–Kier alpha value is -2.56. The molecule has 0 heterocycles. The van der Waals surface area contributed by atoms with Gasteiger partial charge in [-0.1, -0.05) is 30.4 Å². The van der Waals surface area contributed by atoms with E-state index in [0.717, 1.165) is 6.07 Å². The van der Waals surface area contributed by atoms with Crippen LogP contribution in [0.5, 0.6) is 5.75 Å². The summed E-state index contributed by atoms with van der Waals surface area (Å²) in [6, 6.07) is 8.05. The average Bonchev–Trinajstić information content (AvgIpc) is 2.65. The molecule has 2 aromatic rings. The standard InChI is InChI=1S/C22H22ClFO5S/c1-5-30(26,27)18-9-10-19(24)15(13-18)6-7-16-12-17(23)8-11-20(16)28-14-21(25)29-22(2,3)4/h8-13H,5,14H2,1-4H3. The van der Waals surface area contributed by atoms with Gasteiger partial charge in [0.15, 0.2) is 16.4 Å². The van der Waals surface area contributed by atoms with Gasteiger partial charge < -0.3 is 9.47 Å². The lowest BCUT2D eigenvalue weighted by molar-refractivity contribution is -0.157. The molecule has 0 aliphatic heterocycles. The zero-order chi connectivity index (χ0) is 22.5. The van der Waals surface area contributed by atoms with Crippen LogP contribution in [0.15, 0.2) is 41.3 Å². The van der Waals surface area contributed by atoms with Crippen LogP contribution < -0.4 is 4.74 Å². The van der Waals surface area contributed by atoms with Crippen LogP contribution in [-0.4, -0.2) is 32.3 Å². The molecule has 30 heavy (non-hydrogen) atoms. The van der Waals surface area contributed by atoms with E-state index in [-0.39, 0.29) is 28.6 Å². The zero-order valence-corrected chi connectivity index (χ0v) is 18.7. The highest BCUT2D eigenvalue weighted by Gasteiger charge is 2.17. The van der Waals surface area contributed by atoms with Crippen LogP contribution >= 0.6 is 11.6 Å². The van der Waals surface area contributed by atoms with Gasteiger partial charge in [0.2, 0.25) is 0 Å². The summed E-state index contributed by atoms with van der Waals surface area (Å²) in [5, 5.41) is 0.367. The van der Waals surface area contributed by atoms with E-state index in [1.54, 1.807) is 26.8 Å². The summed E-state index contributed by atoms with van der Waals surface area (Å²) in [5.41, 5.74) is -0.415. The number of halogens is 2. The van der Waals surface area contributed by atoms with Crippen LogP contribution in [0.25, 0.3) is 0 Å². The fraction of sp³-hybridized carbons (Fsp3) is 0.318. The van der Waals surface area contributed by atoms with E-state index >= 15 is 0 Å². The van der Waals surface area contributed by atoms with Crippen molar-refractivity contribution in [2.24, 2.45) is 0 Å². The molecule has 2 aromatic carbocycles. The Labute approximate surface area is 181 Å². The van der Waals surface area contributed by atoms with Crippen molar-refractivity contribution in [3.05, 3.63) is 58.4 Å². The van der Waals surface area contributed by atoms with Crippen molar-refractivity contribution >= 4 is 27.4 Å². The summed E-state index contributed by atoms with van der Waals surface area (Å²) in [5.74, 6) is 4.29. The molecule has 0 unspecified atom stereocenters. The summed E-state index contributed by atoms with van der Waals surface area (Å²) in [7, 11) is -3.50. The van der Waals surface area contributed by atoms with Gasteiger partial charge in [0, 0.05) is 5.02 Å². The maximum Gasteiger partial charge on any atom is 0.344 e. The number of hydrogen-bond donors (Lipinski definition) is 0. The number of sulfone groups is 1. The molecule has 2 rings (SSSR count). The molecule has 0 N–H and O–H groups in total. The molecule has 0 atom stereocenters. The Bertz CT molecular complexity index is 1110. The van der Waals surface area contributed by atoms with E-state index < -0.39 is 27.2 Å². The fourth-order valence-corrected chi connectivity index (χ4v) is 3.41. The quantitative estimate of drug-likeness (QED) is 0.382. The number of benzene rings is 2. The molecule has 0 aliphatic carbocycles. The molecule has 0 fully saturated rings. The lowest BCUT2D eigenvalue weighted by atomic mass is 10.1. The first-order valence-corrected chi connectivity index (χ1v) is 11.1. The minimum atomic E-state index is -3.50. The van der Waals surface area contributed by atoms with Gasteiger partial charge >= 0.3 is 5.97 Å². The highest BCUT2D eigenvalue weighted by Crippen LogP contribution is 2.23. The van der Waals surface area contributed by atoms with Crippen LogP contribution in [0.2, 0.25) is 5.02 Å². The third kappa shape index (κ3) is 6.75. The van der Waals surface area contributed by atoms with Crippen molar-refractivity contribution in [3.63, 3.8) is 0 Å². The molecule has 0 bridgehead atoms. The molecule has 8 heteroatoms. The molecule has 0 radical (unpaired) electrons. The second-order valence-electron chi connectivity index (χ2n) is 7.31. The highest BCUT2D eigenvalue weighted by atomic mass is 35.5. The molecule has 160 valence electrons. The fourth-order valence-electron chi connectivity index (χ4n) is 2.33. The van der Waals surface area contributed by atoms with Crippen LogP contribution in [0.3, 0.4) is 0 Å². The topological polar surface area (TPSA) is 69.7 Å². The zero-order valence-electron chi connectivity index (χ0n) is 17.1. The van der Waals surface area contributed by atoms with Gasteiger partial charge in [0.05, 0.1) is 21.8 Å². The molecular formula is C22H22ClFO5S. The maximum atomic E-state index is 14.1. The number of rotatable bonds is 5. The van der Waals surface area contributed by atoms with Gasteiger partial charge in [0.25, 0.3) is 0 Å². The molecule has 5 nitrogen and oxygen atoms in total. The monoisotopic (exact) mass is 452 g/mol. The predicted molar refractivity (Wildman–Crippen MR) is 113 cm³/mol. The van der Waals surface area contributed by atoms with Gasteiger partial charge in [-0.05, 0) is 57.2 Å². The van der Waals surface area contributed by atoms with Gasteiger partial charge in [-0.25, -0.2) is 17.6 Å². The van der Waals surface area contributed by atoms with Gasteiger partial charge in [-0.2, -0.15) is 0 Å². The lowest BCUT2D eigenvalue weighted by Crippen LogP contribution is -2.27. The van der Waals surface area contributed by atoms with Crippen LogP contribution in [0.1, 0.15) is 38.8 Å². The second kappa shape index (κ2) is 9.50. The van der Waals surface area contributed by atoms with Crippen molar-refractivity contribution in [2.75, 3.05) is 12.4 Å². The molecular weight excluding hydrogens is 431 g/mol. The number of ether oxygens (including phenoxy) is 2. The number of carbonyl (C=O) groups excluding carboxylic acids is 1. The van der Waals surface area contributed by atoms with Crippen molar-refractivity contribution in [1.82, 2.24) is 0 Å². The van der Waals surface area contributed by atoms with Crippen LogP contribution in [0.4, 0.5) is 4.39 Å². The smallest absolute Gasteiger partial charge is 0.344 e. The third-order valence-electron chi connectivity index (χ3n) is 3.72. The minimum Gasteiger partial charge on any atom is -0.481 e. The first-order valence-electron chi connectivity index (χ1n) is 9.10.